The highest BCUT2D eigenvalue weighted by Crippen LogP contribution is 2.10. The average molecular weight is 286 g/mol. The standard InChI is InChI=1S/C14H26N2O4/c1-2-3-8-19-9-5-7-15-13(17)14(18)16-11-12-6-4-10-20-12/h12H,2-11H2,1H3,(H,15,17)(H,16,18). The molecule has 0 saturated carbocycles. The predicted molar refractivity (Wildman–Crippen MR) is 75.3 cm³/mol. The van der Waals surface area contributed by atoms with Crippen LogP contribution in [0.4, 0.5) is 0 Å². The van der Waals surface area contributed by atoms with Crippen molar-refractivity contribution in [2.45, 2.75) is 45.1 Å². The van der Waals surface area contributed by atoms with Gasteiger partial charge >= 0.3 is 11.8 Å². The zero-order valence-electron chi connectivity index (χ0n) is 12.3. The summed E-state index contributed by atoms with van der Waals surface area (Å²) >= 11 is 0. The Labute approximate surface area is 120 Å². The Kier molecular flexibility index (Phi) is 8.98. The zero-order chi connectivity index (χ0) is 14.6. The summed E-state index contributed by atoms with van der Waals surface area (Å²) < 4.78 is 10.7. The van der Waals surface area contributed by atoms with Crippen LogP contribution >= 0.6 is 0 Å². The number of unbranched alkanes of at least 4 members (excludes halogenated alkanes) is 1. The molecule has 2 N–H and O–H groups in total. The van der Waals surface area contributed by atoms with Gasteiger partial charge in [-0.15, -0.1) is 0 Å². The molecule has 20 heavy (non-hydrogen) atoms. The first kappa shape index (κ1) is 16.9. The second-order valence-corrected chi connectivity index (χ2v) is 4.92. The lowest BCUT2D eigenvalue weighted by Gasteiger charge is -2.10. The summed E-state index contributed by atoms with van der Waals surface area (Å²) in [6.45, 7) is 5.08. The van der Waals surface area contributed by atoms with E-state index in [1.165, 1.54) is 0 Å². The Bertz CT molecular complexity index is 291. The third kappa shape index (κ3) is 7.45. The van der Waals surface area contributed by atoms with Crippen molar-refractivity contribution in [2.24, 2.45) is 0 Å². The number of hydrogen-bond acceptors (Lipinski definition) is 4. The molecular formula is C14H26N2O4. The van der Waals surface area contributed by atoms with E-state index in [-0.39, 0.29) is 6.10 Å². The number of amides is 2. The van der Waals surface area contributed by atoms with Crippen LogP contribution in [0.25, 0.3) is 0 Å². The minimum atomic E-state index is -0.590. The molecule has 0 aromatic rings. The lowest BCUT2D eigenvalue weighted by molar-refractivity contribution is -0.139. The van der Waals surface area contributed by atoms with Crippen molar-refractivity contribution in [1.82, 2.24) is 10.6 Å². The molecule has 1 rings (SSSR count). The van der Waals surface area contributed by atoms with E-state index in [1.54, 1.807) is 0 Å². The summed E-state index contributed by atoms with van der Waals surface area (Å²) in [7, 11) is 0. The second-order valence-electron chi connectivity index (χ2n) is 4.92. The van der Waals surface area contributed by atoms with Gasteiger partial charge in [0.25, 0.3) is 0 Å². The Morgan fingerprint density at radius 1 is 1.20 bits per heavy atom. The number of carbonyl (C=O) groups excluding carboxylic acids is 2. The van der Waals surface area contributed by atoms with Crippen molar-refractivity contribution in [2.75, 3.05) is 32.9 Å². The van der Waals surface area contributed by atoms with Gasteiger partial charge in [-0.25, -0.2) is 0 Å². The molecule has 6 nitrogen and oxygen atoms in total. The maximum Gasteiger partial charge on any atom is 0.309 e. The Hall–Kier alpha value is -1.14. The number of nitrogens with one attached hydrogen (secondary N) is 2. The summed E-state index contributed by atoms with van der Waals surface area (Å²) in [4.78, 5) is 23.0. The summed E-state index contributed by atoms with van der Waals surface area (Å²) in [5.41, 5.74) is 0. The first-order chi connectivity index (χ1) is 9.74. The van der Waals surface area contributed by atoms with Gasteiger partial charge in [-0.05, 0) is 25.7 Å². The fraction of sp³-hybridized carbons (Fsp3) is 0.857. The molecule has 6 heteroatoms. The van der Waals surface area contributed by atoms with Gasteiger partial charge < -0.3 is 20.1 Å². The average Bonchev–Trinajstić information content (AvgIpc) is 2.96. The highest BCUT2D eigenvalue weighted by molar-refractivity contribution is 6.35. The summed E-state index contributed by atoms with van der Waals surface area (Å²) in [5.74, 6) is -1.18. The molecule has 1 heterocycles. The Morgan fingerprint density at radius 2 is 1.95 bits per heavy atom. The first-order valence-corrected chi connectivity index (χ1v) is 7.49. The van der Waals surface area contributed by atoms with Crippen LogP contribution in [0, 0.1) is 0 Å². The largest absolute Gasteiger partial charge is 0.381 e. The smallest absolute Gasteiger partial charge is 0.309 e. The Balaban J connectivity index is 1.96. The maximum absolute atomic E-state index is 11.5. The molecular weight excluding hydrogens is 260 g/mol. The van der Waals surface area contributed by atoms with Crippen LogP contribution in [0.3, 0.4) is 0 Å². The van der Waals surface area contributed by atoms with Gasteiger partial charge in [0, 0.05) is 32.9 Å². The van der Waals surface area contributed by atoms with E-state index in [0.29, 0.717) is 26.1 Å². The minimum absolute atomic E-state index is 0.0544. The lowest BCUT2D eigenvalue weighted by atomic mass is 10.2. The fourth-order valence-corrected chi connectivity index (χ4v) is 1.90. The molecule has 116 valence electrons. The van der Waals surface area contributed by atoms with Crippen molar-refractivity contribution in [1.29, 1.82) is 0 Å². The molecule has 1 unspecified atom stereocenters. The van der Waals surface area contributed by atoms with E-state index in [4.69, 9.17) is 9.47 Å². The van der Waals surface area contributed by atoms with Crippen LogP contribution in [0.5, 0.6) is 0 Å². The number of ether oxygens (including phenoxy) is 2. The van der Waals surface area contributed by atoms with E-state index in [9.17, 15) is 9.59 Å². The van der Waals surface area contributed by atoms with Crippen LogP contribution in [0.2, 0.25) is 0 Å². The zero-order valence-corrected chi connectivity index (χ0v) is 12.3. The van der Waals surface area contributed by atoms with Crippen molar-refractivity contribution in [3.8, 4) is 0 Å². The molecule has 1 aliphatic rings. The molecule has 0 radical (unpaired) electrons. The van der Waals surface area contributed by atoms with Crippen LogP contribution in [0.1, 0.15) is 39.0 Å². The highest BCUT2D eigenvalue weighted by atomic mass is 16.5. The molecule has 0 bridgehead atoms. The second kappa shape index (κ2) is 10.6. The normalized spacial score (nSPS) is 17.9. The molecule has 0 aromatic carbocycles. The van der Waals surface area contributed by atoms with Crippen LogP contribution in [-0.2, 0) is 19.1 Å². The highest BCUT2D eigenvalue weighted by Gasteiger charge is 2.18. The fourth-order valence-electron chi connectivity index (χ4n) is 1.90. The molecule has 0 aromatic heterocycles. The van der Waals surface area contributed by atoms with Crippen LogP contribution in [0.15, 0.2) is 0 Å². The topological polar surface area (TPSA) is 76.7 Å². The van der Waals surface area contributed by atoms with Gasteiger partial charge in [-0.3, -0.25) is 9.59 Å². The molecule has 1 saturated heterocycles. The van der Waals surface area contributed by atoms with E-state index >= 15 is 0 Å². The van der Waals surface area contributed by atoms with Crippen molar-refractivity contribution in [3.63, 3.8) is 0 Å². The van der Waals surface area contributed by atoms with Crippen molar-refractivity contribution >= 4 is 11.8 Å². The summed E-state index contributed by atoms with van der Waals surface area (Å²) in [5, 5.41) is 5.16. The molecule has 1 atom stereocenters. The summed E-state index contributed by atoms with van der Waals surface area (Å²) in [6, 6.07) is 0. The molecule has 2 amide bonds. The molecule has 0 spiro atoms. The number of hydrogen-bond donors (Lipinski definition) is 2. The number of carbonyl (C=O) groups is 2. The van der Waals surface area contributed by atoms with Gasteiger partial charge in [0.2, 0.25) is 0 Å². The quantitative estimate of drug-likeness (QED) is 0.481. The monoisotopic (exact) mass is 286 g/mol. The van der Waals surface area contributed by atoms with E-state index in [0.717, 1.165) is 38.9 Å². The first-order valence-electron chi connectivity index (χ1n) is 7.49. The van der Waals surface area contributed by atoms with Crippen molar-refractivity contribution in [3.05, 3.63) is 0 Å². The van der Waals surface area contributed by atoms with E-state index < -0.39 is 11.8 Å². The molecule has 1 fully saturated rings. The van der Waals surface area contributed by atoms with Gasteiger partial charge in [0.1, 0.15) is 0 Å². The van der Waals surface area contributed by atoms with Gasteiger partial charge in [-0.2, -0.15) is 0 Å². The lowest BCUT2D eigenvalue weighted by Crippen LogP contribution is -2.43. The Morgan fingerprint density at radius 3 is 2.65 bits per heavy atom. The van der Waals surface area contributed by atoms with Gasteiger partial charge in [-0.1, -0.05) is 13.3 Å². The number of rotatable bonds is 9. The summed E-state index contributed by atoms with van der Waals surface area (Å²) in [6.07, 6.45) is 4.90. The van der Waals surface area contributed by atoms with Crippen molar-refractivity contribution < 1.29 is 19.1 Å². The van der Waals surface area contributed by atoms with E-state index in [2.05, 4.69) is 17.6 Å². The predicted octanol–water partition coefficient (Wildman–Crippen LogP) is 0.605. The third-order valence-electron chi connectivity index (χ3n) is 3.11. The van der Waals surface area contributed by atoms with E-state index in [1.807, 2.05) is 0 Å². The SMILES string of the molecule is CCCCOCCCNC(=O)C(=O)NCC1CCCO1. The van der Waals surface area contributed by atoms with Gasteiger partial charge in [0.15, 0.2) is 0 Å². The maximum atomic E-state index is 11.5. The molecule has 1 aliphatic heterocycles. The third-order valence-corrected chi connectivity index (χ3v) is 3.11. The molecule has 0 aliphatic carbocycles. The van der Waals surface area contributed by atoms with Crippen LogP contribution < -0.4 is 10.6 Å². The minimum Gasteiger partial charge on any atom is -0.381 e. The van der Waals surface area contributed by atoms with Crippen LogP contribution in [-0.4, -0.2) is 50.8 Å². The van der Waals surface area contributed by atoms with Gasteiger partial charge in [0.05, 0.1) is 6.10 Å².